The average Bonchev–Trinajstić information content (AvgIpc) is 2.72. The van der Waals surface area contributed by atoms with E-state index in [1.54, 1.807) is 24.3 Å². The Hall–Kier alpha value is -1.11. The molecule has 0 aromatic heterocycles. The smallest absolute Gasteiger partial charge is 0.185 e. The minimum absolute atomic E-state index is 0.117. The van der Waals surface area contributed by atoms with E-state index < -0.39 is 14.3 Å². The zero-order valence-electron chi connectivity index (χ0n) is 17.1. The van der Waals surface area contributed by atoms with Gasteiger partial charge in [-0.1, -0.05) is 34.3 Å². The van der Waals surface area contributed by atoms with E-state index in [0.717, 1.165) is 0 Å². The molecule has 0 aliphatic carbocycles. The predicted octanol–water partition coefficient (Wildman–Crippen LogP) is 6.35. The van der Waals surface area contributed by atoms with Crippen molar-refractivity contribution in [1.82, 2.24) is 0 Å². The lowest BCUT2D eigenvalue weighted by Gasteiger charge is -2.32. The third-order valence-electron chi connectivity index (χ3n) is 5.43. The Balaban J connectivity index is 2.74. The van der Waals surface area contributed by atoms with Crippen molar-refractivity contribution in [2.24, 2.45) is 0 Å². The number of ether oxygens (including phenoxy) is 1. The molecule has 0 saturated carbocycles. The Morgan fingerprint density at radius 2 is 1.48 bits per heavy atom. The van der Waals surface area contributed by atoms with Gasteiger partial charge in [-0.05, 0) is 67.8 Å². The Bertz CT molecular complexity index is 667. The van der Waals surface area contributed by atoms with Gasteiger partial charge in [-0.25, -0.2) is 0 Å². The van der Waals surface area contributed by atoms with Crippen molar-refractivity contribution in [1.29, 1.82) is 0 Å². The standard InChI is InChI=1S/C21H34O4P2/c1-6-20(22)18-13-15-19(16-14-18)25-17-11-12-21(26(23,7-2)8-3)27(24,9-4)10-5/h6,13-16,21H,1,7-12,17H2,2-5H3. The quantitative estimate of drug-likeness (QED) is 0.164. The molecule has 0 aliphatic rings. The van der Waals surface area contributed by atoms with Crippen molar-refractivity contribution >= 4 is 20.1 Å². The van der Waals surface area contributed by atoms with Crippen molar-refractivity contribution in [3.8, 4) is 5.75 Å². The van der Waals surface area contributed by atoms with Crippen LogP contribution in [0.5, 0.6) is 5.75 Å². The summed E-state index contributed by atoms with van der Waals surface area (Å²) in [5.41, 5.74) is 0.580. The van der Waals surface area contributed by atoms with E-state index in [-0.39, 0.29) is 11.2 Å². The molecule has 1 rings (SSSR count). The SMILES string of the molecule is C=CC(=O)c1ccc(OCCCC(P(=O)(CC)CC)P(=O)(CC)CC)cc1. The summed E-state index contributed by atoms with van der Waals surface area (Å²) in [5, 5.41) is -0.189. The van der Waals surface area contributed by atoms with E-state index in [1.807, 2.05) is 27.7 Å². The van der Waals surface area contributed by atoms with E-state index in [2.05, 4.69) is 6.58 Å². The van der Waals surface area contributed by atoms with Gasteiger partial charge in [0, 0.05) is 5.56 Å². The predicted molar refractivity (Wildman–Crippen MR) is 117 cm³/mol. The Morgan fingerprint density at radius 3 is 1.89 bits per heavy atom. The molecule has 27 heavy (non-hydrogen) atoms. The number of hydrogen-bond acceptors (Lipinski definition) is 4. The number of carbonyl (C=O) groups excluding carboxylic acids is 1. The van der Waals surface area contributed by atoms with Crippen molar-refractivity contribution in [2.75, 3.05) is 31.3 Å². The third kappa shape index (κ3) is 6.19. The molecule has 4 nitrogen and oxygen atoms in total. The molecule has 0 heterocycles. The van der Waals surface area contributed by atoms with Gasteiger partial charge in [0.1, 0.15) is 5.75 Å². The molecule has 6 heteroatoms. The van der Waals surface area contributed by atoms with Crippen LogP contribution in [0, 0.1) is 0 Å². The first-order valence-electron chi connectivity index (χ1n) is 9.85. The van der Waals surface area contributed by atoms with E-state index in [4.69, 9.17) is 4.74 Å². The van der Waals surface area contributed by atoms with Crippen molar-refractivity contribution in [2.45, 2.75) is 45.9 Å². The number of rotatable bonds is 13. The van der Waals surface area contributed by atoms with Crippen LogP contribution in [0.1, 0.15) is 50.9 Å². The van der Waals surface area contributed by atoms with E-state index in [9.17, 15) is 13.9 Å². The Morgan fingerprint density at radius 1 is 1.00 bits per heavy atom. The first-order chi connectivity index (χ1) is 12.8. The number of hydrogen-bond donors (Lipinski definition) is 0. The van der Waals surface area contributed by atoms with Crippen LogP contribution < -0.4 is 4.74 Å². The second-order valence-corrected chi connectivity index (χ2v) is 14.7. The van der Waals surface area contributed by atoms with Crippen molar-refractivity contribution in [3.05, 3.63) is 42.5 Å². The molecule has 1 aromatic rings. The molecule has 0 bridgehead atoms. The maximum absolute atomic E-state index is 13.4. The van der Waals surface area contributed by atoms with Crippen LogP contribution in [0.15, 0.2) is 36.9 Å². The van der Waals surface area contributed by atoms with Crippen LogP contribution >= 0.6 is 14.3 Å². The Kier molecular flexibility index (Phi) is 9.77. The molecule has 0 radical (unpaired) electrons. The van der Waals surface area contributed by atoms with Gasteiger partial charge in [-0.15, -0.1) is 0 Å². The molecule has 152 valence electrons. The molecule has 0 unspecified atom stereocenters. The minimum atomic E-state index is -2.44. The first kappa shape index (κ1) is 23.9. The van der Waals surface area contributed by atoms with Gasteiger partial charge >= 0.3 is 0 Å². The molecule has 0 aliphatic heterocycles. The van der Waals surface area contributed by atoms with Gasteiger partial charge in [0.05, 0.1) is 26.3 Å². The maximum atomic E-state index is 13.4. The molecular formula is C21H34O4P2. The first-order valence-corrected chi connectivity index (χ1v) is 14.1. The summed E-state index contributed by atoms with van der Waals surface area (Å²) in [7, 11) is -4.89. The Labute approximate surface area is 164 Å². The van der Waals surface area contributed by atoms with Crippen LogP contribution in [0.2, 0.25) is 0 Å². The second kappa shape index (κ2) is 11.0. The van der Waals surface area contributed by atoms with Crippen LogP contribution in [0.4, 0.5) is 0 Å². The number of benzene rings is 1. The molecule has 0 fully saturated rings. The van der Waals surface area contributed by atoms with Crippen LogP contribution in [-0.4, -0.2) is 42.4 Å². The van der Waals surface area contributed by atoms with E-state index in [1.165, 1.54) is 6.08 Å². The van der Waals surface area contributed by atoms with Crippen molar-refractivity contribution < 1.29 is 18.7 Å². The van der Waals surface area contributed by atoms with Gasteiger partial charge in [0.25, 0.3) is 0 Å². The van der Waals surface area contributed by atoms with Crippen molar-refractivity contribution in [3.63, 3.8) is 0 Å². The molecular weight excluding hydrogens is 378 g/mol. The zero-order chi connectivity index (χ0) is 20.5. The largest absolute Gasteiger partial charge is 0.494 e. The lowest BCUT2D eigenvalue weighted by atomic mass is 10.1. The number of ketones is 1. The average molecular weight is 412 g/mol. The fourth-order valence-corrected chi connectivity index (χ4v) is 12.3. The summed E-state index contributed by atoms with van der Waals surface area (Å²) >= 11 is 0. The highest BCUT2D eigenvalue weighted by atomic mass is 31.2. The highest BCUT2D eigenvalue weighted by Crippen LogP contribution is 2.69. The molecule has 0 spiro atoms. The number of allylic oxidation sites excluding steroid dienone is 1. The summed E-state index contributed by atoms with van der Waals surface area (Å²) in [4.78, 5) is 11.5. The normalized spacial score (nSPS) is 12.2. The third-order valence-corrected chi connectivity index (χ3v) is 14.9. The summed E-state index contributed by atoms with van der Waals surface area (Å²) in [6.07, 6.45) is 5.11. The van der Waals surface area contributed by atoms with Gasteiger partial charge in [-0.2, -0.15) is 0 Å². The van der Waals surface area contributed by atoms with E-state index in [0.29, 0.717) is 55.4 Å². The van der Waals surface area contributed by atoms with Gasteiger partial charge in [0.2, 0.25) is 0 Å². The van der Waals surface area contributed by atoms with Crippen LogP contribution in [-0.2, 0) is 9.13 Å². The fraction of sp³-hybridized carbons (Fsp3) is 0.571. The van der Waals surface area contributed by atoms with E-state index >= 15 is 0 Å². The maximum Gasteiger partial charge on any atom is 0.185 e. The lowest BCUT2D eigenvalue weighted by Crippen LogP contribution is -2.17. The zero-order valence-corrected chi connectivity index (χ0v) is 18.9. The summed E-state index contributed by atoms with van der Waals surface area (Å²) in [6, 6.07) is 6.96. The van der Waals surface area contributed by atoms with Gasteiger partial charge < -0.3 is 13.9 Å². The summed E-state index contributed by atoms with van der Waals surface area (Å²) in [5.74, 6) is 0.574. The highest BCUT2D eigenvalue weighted by molar-refractivity contribution is 7.81. The molecule has 0 N–H and O–H groups in total. The summed E-state index contributed by atoms with van der Waals surface area (Å²) < 4.78 is 32.5. The van der Waals surface area contributed by atoms with Gasteiger partial charge in [0.15, 0.2) is 5.78 Å². The lowest BCUT2D eigenvalue weighted by molar-refractivity contribution is 0.104. The minimum Gasteiger partial charge on any atom is -0.494 e. The molecule has 0 atom stereocenters. The highest BCUT2D eigenvalue weighted by Gasteiger charge is 2.40. The molecule has 0 amide bonds. The molecule has 1 aromatic carbocycles. The molecule has 0 saturated heterocycles. The van der Waals surface area contributed by atoms with Crippen LogP contribution in [0.3, 0.4) is 0 Å². The van der Waals surface area contributed by atoms with Gasteiger partial charge in [-0.3, -0.25) is 4.79 Å². The van der Waals surface area contributed by atoms with Crippen LogP contribution in [0.25, 0.3) is 0 Å². The second-order valence-electron chi connectivity index (χ2n) is 6.73. The summed E-state index contributed by atoms with van der Waals surface area (Å²) in [6.45, 7) is 11.8. The fourth-order valence-electron chi connectivity index (χ4n) is 3.43. The number of carbonyl (C=O) groups is 1. The topological polar surface area (TPSA) is 60.4 Å². The monoisotopic (exact) mass is 412 g/mol.